The number of hydrogen-bond donors (Lipinski definition) is 1. The van der Waals surface area contributed by atoms with Crippen molar-refractivity contribution >= 4 is 21.4 Å². The Morgan fingerprint density at radius 1 is 1.43 bits per heavy atom. The van der Waals surface area contributed by atoms with Crippen molar-refractivity contribution in [3.63, 3.8) is 0 Å². The Morgan fingerprint density at radius 2 is 2.21 bits per heavy atom. The van der Waals surface area contributed by atoms with Crippen molar-refractivity contribution in [1.29, 1.82) is 5.26 Å². The van der Waals surface area contributed by atoms with Gasteiger partial charge in [-0.1, -0.05) is 0 Å². The maximum Gasteiger partial charge on any atom is 0.125 e. The molecule has 0 aliphatic carbocycles. The van der Waals surface area contributed by atoms with Crippen LogP contribution in [0.15, 0.2) is 18.2 Å². The van der Waals surface area contributed by atoms with E-state index < -0.39 is 5.82 Å². The molecule has 0 aliphatic rings. The van der Waals surface area contributed by atoms with Crippen LogP contribution in [0.2, 0.25) is 0 Å². The van der Waals surface area contributed by atoms with Gasteiger partial charge in [0, 0.05) is 4.88 Å². The van der Waals surface area contributed by atoms with Gasteiger partial charge in [-0.15, -0.1) is 11.3 Å². The molecule has 14 heavy (non-hydrogen) atoms. The molecule has 1 N–H and O–H groups in total. The van der Waals surface area contributed by atoms with Gasteiger partial charge in [-0.3, -0.25) is 0 Å². The molecule has 0 atom stereocenters. The van der Waals surface area contributed by atoms with Crippen molar-refractivity contribution < 1.29 is 9.50 Å². The first-order valence-electron chi connectivity index (χ1n) is 3.97. The molecule has 4 heteroatoms. The van der Waals surface area contributed by atoms with E-state index in [1.807, 2.05) is 6.07 Å². The van der Waals surface area contributed by atoms with Crippen molar-refractivity contribution in [3.05, 3.63) is 34.5 Å². The predicted octanol–water partition coefficient (Wildman–Crippen LogP) is 2.40. The Hall–Kier alpha value is -1.44. The van der Waals surface area contributed by atoms with E-state index in [1.54, 1.807) is 6.07 Å². The minimum atomic E-state index is -0.420. The largest absolute Gasteiger partial charge is 0.391 e. The van der Waals surface area contributed by atoms with E-state index in [0.29, 0.717) is 10.9 Å². The molecule has 2 aromatic rings. The van der Waals surface area contributed by atoms with Gasteiger partial charge >= 0.3 is 0 Å². The van der Waals surface area contributed by atoms with Gasteiger partial charge in [0.1, 0.15) is 11.9 Å². The number of rotatable bonds is 1. The SMILES string of the molecule is N#Cc1cc(F)cc2cc(CO)sc12. The number of fused-ring (bicyclic) bond motifs is 1. The number of halogens is 1. The smallest absolute Gasteiger partial charge is 0.125 e. The van der Waals surface area contributed by atoms with Crippen LogP contribution in [0.3, 0.4) is 0 Å². The summed E-state index contributed by atoms with van der Waals surface area (Å²) in [5.41, 5.74) is 0.324. The molecule has 1 aromatic carbocycles. The number of benzene rings is 1. The number of nitrogens with zero attached hydrogens (tertiary/aromatic N) is 1. The van der Waals surface area contributed by atoms with Gasteiger partial charge in [0.15, 0.2) is 0 Å². The quantitative estimate of drug-likeness (QED) is 0.780. The summed E-state index contributed by atoms with van der Waals surface area (Å²) in [5.74, 6) is -0.420. The second kappa shape index (κ2) is 3.37. The third-order valence-corrected chi connectivity index (χ3v) is 3.08. The van der Waals surface area contributed by atoms with Crippen LogP contribution in [-0.4, -0.2) is 5.11 Å². The third kappa shape index (κ3) is 1.37. The summed E-state index contributed by atoms with van der Waals surface area (Å²) in [7, 11) is 0. The summed E-state index contributed by atoms with van der Waals surface area (Å²) in [5, 5.41) is 18.4. The van der Waals surface area contributed by atoms with E-state index in [1.165, 1.54) is 23.5 Å². The standard InChI is InChI=1S/C10H6FNOS/c11-8-1-6-3-9(5-13)14-10(6)7(2-8)4-12/h1-3,13H,5H2. The summed E-state index contributed by atoms with van der Waals surface area (Å²) in [4.78, 5) is 0.738. The Balaban J connectivity index is 2.79. The fourth-order valence-electron chi connectivity index (χ4n) is 1.33. The lowest BCUT2D eigenvalue weighted by Crippen LogP contribution is -1.78. The molecule has 0 aliphatic heterocycles. The fraction of sp³-hybridized carbons (Fsp3) is 0.100. The van der Waals surface area contributed by atoms with Crippen LogP contribution >= 0.6 is 11.3 Å². The first-order valence-corrected chi connectivity index (χ1v) is 4.79. The van der Waals surface area contributed by atoms with Gasteiger partial charge in [-0.25, -0.2) is 4.39 Å². The van der Waals surface area contributed by atoms with Crippen LogP contribution in [0.25, 0.3) is 10.1 Å². The summed E-state index contributed by atoms with van der Waals surface area (Å²) in [6, 6.07) is 6.21. The average Bonchev–Trinajstić information content (AvgIpc) is 2.59. The van der Waals surface area contributed by atoms with E-state index >= 15 is 0 Å². The zero-order chi connectivity index (χ0) is 10.1. The van der Waals surface area contributed by atoms with E-state index in [0.717, 1.165) is 9.58 Å². The molecule has 0 radical (unpaired) electrons. The van der Waals surface area contributed by atoms with E-state index in [-0.39, 0.29) is 6.61 Å². The second-order valence-electron chi connectivity index (χ2n) is 2.85. The van der Waals surface area contributed by atoms with Crippen LogP contribution in [-0.2, 0) is 6.61 Å². The van der Waals surface area contributed by atoms with Gasteiger partial charge in [0.2, 0.25) is 0 Å². The highest BCUT2D eigenvalue weighted by Gasteiger charge is 2.07. The minimum Gasteiger partial charge on any atom is -0.391 e. The van der Waals surface area contributed by atoms with Crippen molar-refractivity contribution in [2.75, 3.05) is 0 Å². The average molecular weight is 207 g/mol. The molecular formula is C10H6FNOS. The molecule has 0 fully saturated rings. The molecule has 1 aromatic heterocycles. The third-order valence-electron chi connectivity index (χ3n) is 1.91. The van der Waals surface area contributed by atoms with Crippen molar-refractivity contribution in [2.24, 2.45) is 0 Å². The molecule has 0 spiro atoms. The molecule has 1 heterocycles. The molecule has 0 saturated carbocycles. The van der Waals surface area contributed by atoms with Crippen LogP contribution in [0.5, 0.6) is 0 Å². The van der Waals surface area contributed by atoms with Crippen LogP contribution in [0, 0.1) is 17.1 Å². The molecule has 2 nitrogen and oxygen atoms in total. The first-order chi connectivity index (χ1) is 6.74. The number of nitriles is 1. The van der Waals surface area contributed by atoms with E-state index in [9.17, 15) is 4.39 Å². The number of hydrogen-bond acceptors (Lipinski definition) is 3. The Labute approximate surface area is 83.8 Å². The highest BCUT2D eigenvalue weighted by atomic mass is 32.1. The zero-order valence-corrected chi connectivity index (χ0v) is 7.94. The number of thiophene rings is 1. The summed E-state index contributed by atoms with van der Waals surface area (Å²) in [6.45, 7) is -0.0775. The summed E-state index contributed by atoms with van der Waals surface area (Å²) >= 11 is 1.32. The zero-order valence-electron chi connectivity index (χ0n) is 7.12. The lowest BCUT2D eigenvalue weighted by atomic mass is 10.2. The van der Waals surface area contributed by atoms with Gasteiger partial charge in [-0.05, 0) is 23.6 Å². The lowest BCUT2D eigenvalue weighted by Gasteiger charge is -1.92. The monoisotopic (exact) mass is 207 g/mol. The molecule has 0 saturated heterocycles. The van der Waals surface area contributed by atoms with Crippen molar-refractivity contribution in [1.82, 2.24) is 0 Å². The molecule has 70 valence electrons. The molecule has 0 amide bonds. The van der Waals surface area contributed by atoms with Gasteiger partial charge in [0.05, 0.1) is 16.9 Å². The van der Waals surface area contributed by atoms with Crippen LogP contribution in [0.4, 0.5) is 4.39 Å². The van der Waals surface area contributed by atoms with Crippen LogP contribution in [0.1, 0.15) is 10.4 Å². The topological polar surface area (TPSA) is 44.0 Å². The van der Waals surface area contributed by atoms with Gasteiger partial charge in [-0.2, -0.15) is 5.26 Å². The molecule has 2 rings (SSSR count). The first kappa shape index (κ1) is 9.13. The summed E-state index contributed by atoms with van der Waals surface area (Å²) < 4.78 is 13.7. The number of aliphatic hydroxyl groups is 1. The van der Waals surface area contributed by atoms with Crippen LogP contribution < -0.4 is 0 Å². The van der Waals surface area contributed by atoms with E-state index in [2.05, 4.69) is 0 Å². The highest BCUT2D eigenvalue weighted by molar-refractivity contribution is 7.19. The predicted molar refractivity (Wildman–Crippen MR) is 52.4 cm³/mol. The Bertz CT molecular complexity index is 527. The maximum atomic E-state index is 13.0. The lowest BCUT2D eigenvalue weighted by molar-refractivity contribution is 0.285. The number of aliphatic hydroxyl groups excluding tert-OH is 1. The Kier molecular flexibility index (Phi) is 2.20. The minimum absolute atomic E-state index is 0.0775. The normalized spacial score (nSPS) is 10.4. The van der Waals surface area contributed by atoms with E-state index in [4.69, 9.17) is 10.4 Å². The van der Waals surface area contributed by atoms with Crippen molar-refractivity contribution in [3.8, 4) is 6.07 Å². The summed E-state index contributed by atoms with van der Waals surface area (Å²) in [6.07, 6.45) is 0. The fourth-order valence-corrected chi connectivity index (χ4v) is 2.29. The second-order valence-corrected chi connectivity index (χ2v) is 3.99. The molecule has 0 unspecified atom stereocenters. The van der Waals surface area contributed by atoms with Crippen molar-refractivity contribution in [2.45, 2.75) is 6.61 Å². The molecule has 0 bridgehead atoms. The highest BCUT2D eigenvalue weighted by Crippen LogP contribution is 2.29. The van der Waals surface area contributed by atoms with Gasteiger partial charge in [0.25, 0.3) is 0 Å². The molecular weight excluding hydrogens is 201 g/mol. The maximum absolute atomic E-state index is 13.0. The van der Waals surface area contributed by atoms with Gasteiger partial charge < -0.3 is 5.11 Å². The Morgan fingerprint density at radius 3 is 2.86 bits per heavy atom.